The Bertz CT molecular complexity index is 726. The van der Waals surface area contributed by atoms with Gasteiger partial charge in [-0.25, -0.2) is 0 Å². The summed E-state index contributed by atoms with van der Waals surface area (Å²) >= 11 is 0. The van der Waals surface area contributed by atoms with Crippen molar-refractivity contribution in [1.82, 2.24) is 9.80 Å². The molecule has 0 aromatic heterocycles. The van der Waals surface area contributed by atoms with Crippen molar-refractivity contribution in [2.75, 3.05) is 40.5 Å². The lowest BCUT2D eigenvalue weighted by molar-refractivity contribution is 0.0499. The van der Waals surface area contributed by atoms with Crippen molar-refractivity contribution >= 4 is 0 Å². The Morgan fingerprint density at radius 2 is 1.61 bits per heavy atom. The van der Waals surface area contributed by atoms with Gasteiger partial charge in [0.05, 0.1) is 14.2 Å². The number of benzene rings is 2. The molecule has 2 aromatic carbocycles. The van der Waals surface area contributed by atoms with Crippen molar-refractivity contribution in [2.45, 2.75) is 32.5 Å². The fourth-order valence-corrected chi connectivity index (χ4v) is 3.88. The average molecular weight is 385 g/mol. The molecule has 1 heterocycles. The maximum atomic E-state index is 9.57. The van der Waals surface area contributed by atoms with E-state index < -0.39 is 0 Å². The van der Waals surface area contributed by atoms with E-state index in [9.17, 15) is 5.11 Å². The number of piperazine rings is 1. The van der Waals surface area contributed by atoms with Gasteiger partial charge < -0.3 is 14.6 Å². The van der Waals surface area contributed by atoms with Crippen molar-refractivity contribution in [1.29, 1.82) is 0 Å². The van der Waals surface area contributed by atoms with E-state index in [-0.39, 0.29) is 6.61 Å². The monoisotopic (exact) mass is 384 g/mol. The molecule has 5 heteroatoms. The highest BCUT2D eigenvalue weighted by Crippen LogP contribution is 2.25. The van der Waals surface area contributed by atoms with Crippen LogP contribution in [0.5, 0.6) is 11.5 Å². The van der Waals surface area contributed by atoms with Gasteiger partial charge in [0.15, 0.2) is 0 Å². The van der Waals surface area contributed by atoms with Crippen LogP contribution in [0.1, 0.15) is 23.1 Å². The summed E-state index contributed by atoms with van der Waals surface area (Å²) in [5, 5.41) is 9.57. The standard InChI is InChI=1S/C23H32N2O3/c1-18-4-6-19(7-5-18)16-25-10-9-24(17-21(25)8-11-26)15-20-12-22(27-2)14-23(13-20)28-3/h4-7,12-14,21,26H,8-11,15-17H2,1-3H3/t21-/m1/s1. The molecule has 2 aromatic rings. The number of methoxy groups -OCH3 is 2. The fraction of sp³-hybridized carbons (Fsp3) is 0.478. The van der Waals surface area contributed by atoms with Crippen molar-refractivity contribution in [2.24, 2.45) is 0 Å². The molecule has 1 atom stereocenters. The number of ether oxygens (including phenoxy) is 2. The predicted molar refractivity (Wildman–Crippen MR) is 112 cm³/mol. The van der Waals surface area contributed by atoms with E-state index in [1.165, 1.54) is 16.7 Å². The highest BCUT2D eigenvalue weighted by atomic mass is 16.5. The molecule has 0 bridgehead atoms. The van der Waals surface area contributed by atoms with E-state index in [4.69, 9.17) is 9.47 Å². The molecule has 0 saturated carbocycles. The lowest BCUT2D eigenvalue weighted by Gasteiger charge is -2.41. The van der Waals surface area contributed by atoms with Gasteiger partial charge >= 0.3 is 0 Å². The quantitative estimate of drug-likeness (QED) is 0.758. The number of aliphatic hydroxyl groups is 1. The molecule has 1 N–H and O–H groups in total. The average Bonchev–Trinajstić information content (AvgIpc) is 2.71. The SMILES string of the molecule is COc1cc(CN2CCN(Cc3ccc(C)cc3)[C@H](CCO)C2)cc(OC)c1. The molecule has 1 aliphatic rings. The second-order valence-corrected chi connectivity index (χ2v) is 7.58. The molecule has 0 radical (unpaired) electrons. The van der Waals surface area contributed by atoms with E-state index in [1.54, 1.807) is 14.2 Å². The van der Waals surface area contributed by atoms with Gasteiger partial charge in [-0.2, -0.15) is 0 Å². The van der Waals surface area contributed by atoms with Crippen molar-refractivity contribution < 1.29 is 14.6 Å². The fourth-order valence-electron chi connectivity index (χ4n) is 3.88. The van der Waals surface area contributed by atoms with Crippen molar-refractivity contribution in [3.8, 4) is 11.5 Å². The summed E-state index contributed by atoms with van der Waals surface area (Å²) in [5.41, 5.74) is 3.81. The molecule has 5 nitrogen and oxygen atoms in total. The van der Waals surface area contributed by atoms with E-state index in [2.05, 4.69) is 53.1 Å². The number of rotatable bonds is 8. The lowest BCUT2D eigenvalue weighted by atomic mass is 10.1. The zero-order valence-corrected chi connectivity index (χ0v) is 17.2. The van der Waals surface area contributed by atoms with E-state index >= 15 is 0 Å². The molecule has 3 rings (SSSR count). The summed E-state index contributed by atoms with van der Waals surface area (Å²) in [4.78, 5) is 4.96. The highest BCUT2D eigenvalue weighted by molar-refractivity contribution is 5.38. The minimum absolute atomic E-state index is 0.218. The first-order valence-electron chi connectivity index (χ1n) is 9.96. The number of hydrogen-bond acceptors (Lipinski definition) is 5. The molecule has 28 heavy (non-hydrogen) atoms. The van der Waals surface area contributed by atoms with Crippen molar-refractivity contribution in [3.05, 3.63) is 59.2 Å². The van der Waals surface area contributed by atoms with Gasteiger partial charge in [-0.1, -0.05) is 29.8 Å². The third kappa shape index (κ3) is 5.47. The normalized spacial score (nSPS) is 18.2. The van der Waals surface area contributed by atoms with E-state index in [1.807, 2.05) is 6.07 Å². The van der Waals surface area contributed by atoms with Crippen LogP contribution in [-0.4, -0.2) is 61.4 Å². The predicted octanol–water partition coefficient (Wildman–Crippen LogP) is 3.08. The lowest BCUT2D eigenvalue weighted by Crippen LogP contribution is -2.52. The first kappa shape index (κ1) is 20.6. The molecule has 1 fully saturated rings. The Kier molecular flexibility index (Phi) is 7.31. The third-order valence-corrected chi connectivity index (χ3v) is 5.47. The van der Waals surface area contributed by atoms with Gasteiger partial charge in [0, 0.05) is 51.4 Å². The Hall–Kier alpha value is -2.08. The Balaban J connectivity index is 1.65. The smallest absolute Gasteiger partial charge is 0.122 e. The van der Waals surface area contributed by atoms with Gasteiger partial charge in [0.1, 0.15) is 11.5 Å². The number of aliphatic hydroxyl groups excluding tert-OH is 1. The van der Waals surface area contributed by atoms with Gasteiger partial charge in [0.2, 0.25) is 0 Å². The van der Waals surface area contributed by atoms with Crippen LogP contribution in [0.15, 0.2) is 42.5 Å². The van der Waals surface area contributed by atoms with Crippen LogP contribution in [0.2, 0.25) is 0 Å². The third-order valence-electron chi connectivity index (χ3n) is 5.47. The molecule has 0 aliphatic carbocycles. The van der Waals surface area contributed by atoms with E-state index in [0.29, 0.717) is 6.04 Å². The number of aryl methyl sites for hydroxylation is 1. The first-order chi connectivity index (χ1) is 13.6. The Morgan fingerprint density at radius 1 is 0.929 bits per heavy atom. The van der Waals surface area contributed by atoms with Crippen LogP contribution in [-0.2, 0) is 13.1 Å². The molecule has 1 aliphatic heterocycles. The van der Waals surface area contributed by atoms with Gasteiger partial charge in [-0.05, 0) is 36.6 Å². The minimum atomic E-state index is 0.218. The topological polar surface area (TPSA) is 45.2 Å². The van der Waals surface area contributed by atoms with E-state index in [0.717, 1.165) is 50.6 Å². The maximum absolute atomic E-state index is 9.57. The molecule has 152 valence electrons. The second kappa shape index (κ2) is 9.92. The highest BCUT2D eigenvalue weighted by Gasteiger charge is 2.26. The summed E-state index contributed by atoms with van der Waals surface area (Å²) in [6.07, 6.45) is 0.795. The summed E-state index contributed by atoms with van der Waals surface area (Å²) < 4.78 is 10.8. The first-order valence-corrected chi connectivity index (χ1v) is 9.96. The zero-order chi connectivity index (χ0) is 19.9. The van der Waals surface area contributed by atoms with Crippen LogP contribution >= 0.6 is 0 Å². The molecule has 1 saturated heterocycles. The van der Waals surface area contributed by atoms with Gasteiger partial charge in [0.25, 0.3) is 0 Å². The molecule has 0 unspecified atom stereocenters. The maximum Gasteiger partial charge on any atom is 0.122 e. The Labute approximate surface area is 168 Å². The zero-order valence-electron chi connectivity index (χ0n) is 17.2. The van der Waals surface area contributed by atoms with Crippen LogP contribution in [0.25, 0.3) is 0 Å². The summed E-state index contributed by atoms with van der Waals surface area (Å²) in [6, 6.07) is 15.2. The van der Waals surface area contributed by atoms with Crippen LogP contribution in [0.3, 0.4) is 0 Å². The molecule has 0 spiro atoms. The van der Waals surface area contributed by atoms with Crippen LogP contribution in [0, 0.1) is 6.92 Å². The van der Waals surface area contributed by atoms with Gasteiger partial charge in [-0.3, -0.25) is 9.80 Å². The number of hydrogen-bond donors (Lipinski definition) is 1. The van der Waals surface area contributed by atoms with Crippen molar-refractivity contribution in [3.63, 3.8) is 0 Å². The molecule has 0 amide bonds. The Morgan fingerprint density at radius 3 is 2.21 bits per heavy atom. The summed E-state index contributed by atoms with van der Waals surface area (Å²) in [5.74, 6) is 1.64. The summed E-state index contributed by atoms with van der Waals surface area (Å²) in [7, 11) is 3.36. The summed E-state index contributed by atoms with van der Waals surface area (Å²) in [6.45, 7) is 7.08. The van der Waals surface area contributed by atoms with Crippen LogP contribution in [0.4, 0.5) is 0 Å². The molecular formula is C23H32N2O3. The molecular weight excluding hydrogens is 352 g/mol. The number of nitrogens with zero attached hydrogens (tertiary/aromatic N) is 2. The second-order valence-electron chi connectivity index (χ2n) is 7.58. The van der Waals surface area contributed by atoms with Crippen LogP contribution < -0.4 is 9.47 Å². The largest absolute Gasteiger partial charge is 0.497 e. The van der Waals surface area contributed by atoms with Gasteiger partial charge in [-0.15, -0.1) is 0 Å². The minimum Gasteiger partial charge on any atom is -0.497 e.